The average molecular weight is 293 g/mol. The van der Waals surface area contributed by atoms with Crippen molar-refractivity contribution in [1.29, 1.82) is 0 Å². The highest BCUT2D eigenvalue weighted by molar-refractivity contribution is 5.92. The lowest BCUT2D eigenvalue weighted by Crippen LogP contribution is -2.19. The SMILES string of the molecule is COc1ccc(OC)c(NC(=O)CCC2CCOCC2)c1. The lowest BCUT2D eigenvalue weighted by molar-refractivity contribution is -0.116. The van der Waals surface area contributed by atoms with Gasteiger partial charge in [-0.3, -0.25) is 4.79 Å². The second-order valence-electron chi connectivity index (χ2n) is 5.21. The molecule has 0 unspecified atom stereocenters. The third-order valence-electron chi connectivity index (χ3n) is 3.80. The lowest BCUT2D eigenvalue weighted by Gasteiger charge is -2.21. The van der Waals surface area contributed by atoms with Gasteiger partial charge in [0.15, 0.2) is 0 Å². The van der Waals surface area contributed by atoms with Gasteiger partial charge in [-0.15, -0.1) is 0 Å². The highest BCUT2D eigenvalue weighted by Gasteiger charge is 2.16. The van der Waals surface area contributed by atoms with Crippen molar-refractivity contribution in [2.75, 3.05) is 32.8 Å². The van der Waals surface area contributed by atoms with Gasteiger partial charge in [-0.25, -0.2) is 0 Å². The van der Waals surface area contributed by atoms with Crippen LogP contribution >= 0.6 is 0 Å². The van der Waals surface area contributed by atoms with Gasteiger partial charge < -0.3 is 19.5 Å². The van der Waals surface area contributed by atoms with Crippen LogP contribution in [0.3, 0.4) is 0 Å². The molecule has 1 aromatic rings. The highest BCUT2D eigenvalue weighted by Crippen LogP contribution is 2.29. The minimum Gasteiger partial charge on any atom is -0.497 e. The molecule has 1 aliphatic heterocycles. The maximum Gasteiger partial charge on any atom is 0.224 e. The Balaban J connectivity index is 1.89. The molecule has 1 saturated heterocycles. The molecule has 1 heterocycles. The molecule has 2 rings (SSSR count). The molecule has 5 heteroatoms. The smallest absolute Gasteiger partial charge is 0.224 e. The fourth-order valence-electron chi connectivity index (χ4n) is 2.49. The summed E-state index contributed by atoms with van der Waals surface area (Å²) in [7, 11) is 3.18. The number of methoxy groups -OCH3 is 2. The Bertz CT molecular complexity index is 469. The van der Waals surface area contributed by atoms with E-state index in [1.165, 1.54) is 0 Å². The zero-order chi connectivity index (χ0) is 15.1. The zero-order valence-corrected chi connectivity index (χ0v) is 12.7. The van der Waals surface area contributed by atoms with Crippen LogP contribution in [0.1, 0.15) is 25.7 Å². The topological polar surface area (TPSA) is 56.8 Å². The van der Waals surface area contributed by atoms with Gasteiger partial charge in [-0.05, 0) is 37.3 Å². The summed E-state index contributed by atoms with van der Waals surface area (Å²) in [5, 5.41) is 2.90. The van der Waals surface area contributed by atoms with E-state index in [0.29, 0.717) is 29.5 Å². The predicted molar refractivity (Wildman–Crippen MR) is 81.0 cm³/mol. The van der Waals surface area contributed by atoms with Crippen LogP contribution in [0.5, 0.6) is 11.5 Å². The van der Waals surface area contributed by atoms with E-state index in [1.54, 1.807) is 32.4 Å². The number of amides is 1. The fraction of sp³-hybridized carbons (Fsp3) is 0.562. The molecule has 0 saturated carbocycles. The van der Waals surface area contributed by atoms with Crippen molar-refractivity contribution >= 4 is 11.6 Å². The van der Waals surface area contributed by atoms with Crippen LogP contribution in [-0.2, 0) is 9.53 Å². The quantitative estimate of drug-likeness (QED) is 0.876. The zero-order valence-electron chi connectivity index (χ0n) is 12.7. The van der Waals surface area contributed by atoms with Crippen molar-refractivity contribution in [3.63, 3.8) is 0 Å². The number of nitrogens with one attached hydrogen (secondary N) is 1. The number of ether oxygens (including phenoxy) is 3. The summed E-state index contributed by atoms with van der Waals surface area (Å²) >= 11 is 0. The van der Waals surface area contributed by atoms with Gasteiger partial charge in [0.25, 0.3) is 0 Å². The molecule has 0 aromatic heterocycles. The first kappa shape index (κ1) is 15.6. The molecule has 0 atom stereocenters. The molecular formula is C16H23NO4. The standard InChI is InChI=1S/C16H23NO4/c1-19-13-4-5-15(20-2)14(11-13)17-16(18)6-3-12-7-9-21-10-8-12/h4-5,11-12H,3,6-10H2,1-2H3,(H,17,18). The number of rotatable bonds is 6. The average Bonchev–Trinajstić information content (AvgIpc) is 2.54. The molecule has 1 fully saturated rings. The van der Waals surface area contributed by atoms with Crippen LogP contribution in [0, 0.1) is 5.92 Å². The first-order chi connectivity index (χ1) is 10.2. The van der Waals surface area contributed by atoms with E-state index in [9.17, 15) is 4.79 Å². The number of anilines is 1. The lowest BCUT2D eigenvalue weighted by atomic mass is 9.95. The van der Waals surface area contributed by atoms with Gasteiger partial charge in [0.2, 0.25) is 5.91 Å². The number of hydrogen-bond acceptors (Lipinski definition) is 4. The van der Waals surface area contributed by atoms with Crippen molar-refractivity contribution in [2.45, 2.75) is 25.7 Å². The molecule has 1 aliphatic rings. The van der Waals surface area contributed by atoms with Crippen LogP contribution in [-0.4, -0.2) is 33.3 Å². The van der Waals surface area contributed by atoms with E-state index in [1.807, 2.05) is 0 Å². The van der Waals surface area contributed by atoms with E-state index >= 15 is 0 Å². The number of benzene rings is 1. The largest absolute Gasteiger partial charge is 0.497 e. The third-order valence-corrected chi connectivity index (χ3v) is 3.80. The normalized spacial score (nSPS) is 15.5. The van der Waals surface area contributed by atoms with Crippen LogP contribution in [0.25, 0.3) is 0 Å². The van der Waals surface area contributed by atoms with Gasteiger partial charge in [-0.2, -0.15) is 0 Å². The minimum atomic E-state index is 0.00745. The number of carbonyl (C=O) groups excluding carboxylic acids is 1. The third kappa shape index (κ3) is 4.63. The summed E-state index contributed by atoms with van der Waals surface area (Å²) < 4.78 is 15.8. The maximum absolute atomic E-state index is 12.1. The molecular weight excluding hydrogens is 270 g/mol. The predicted octanol–water partition coefficient (Wildman–Crippen LogP) is 2.85. The molecule has 1 aromatic carbocycles. The fourth-order valence-corrected chi connectivity index (χ4v) is 2.49. The summed E-state index contributed by atoms with van der Waals surface area (Å²) in [6.07, 6.45) is 3.53. The van der Waals surface area contributed by atoms with E-state index in [0.717, 1.165) is 32.5 Å². The van der Waals surface area contributed by atoms with Gasteiger partial charge in [0.1, 0.15) is 11.5 Å². The Morgan fingerprint density at radius 1 is 1.29 bits per heavy atom. The second-order valence-corrected chi connectivity index (χ2v) is 5.21. The van der Waals surface area contributed by atoms with E-state index < -0.39 is 0 Å². The Morgan fingerprint density at radius 3 is 2.71 bits per heavy atom. The Hall–Kier alpha value is -1.75. The van der Waals surface area contributed by atoms with E-state index in [2.05, 4.69) is 5.32 Å². The maximum atomic E-state index is 12.1. The van der Waals surface area contributed by atoms with Crippen LogP contribution in [0.15, 0.2) is 18.2 Å². The molecule has 0 bridgehead atoms. The second kappa shape index (κ2) is 7.88. The minimum absolute atomic E-state index is 0.00745. The van der Waals surface area contributed by atoms with Crippen molar-refractivity contribution in [2.24, 2.45) is 5.92 Å². The van der Waals surface area contributed by atoms with Crippen LogP contribution in [0.2, 0.25) is 0 Å². The van der Waals surface area contributed by atoms with Gasteiger partial charge >= 0.3 is 0 Å². The molecule has 0 spiro atoms. The van der Waals surface area contributed by atoms with Gasteiger partial charge in [0, 0.05) is 25.7 Å². The van der Waals surface area contributed by atoms with Crippen molar-refractivity contribution in [3.8, 4) is 11.5 Å². The van der Waals surface area contributed by atoms with Crippen molar-refractivity contribution in [3.05, 3.63) is 18.2 Å². The Kier molecular flexibility index (Phi) is 5.87. The monoisotopic (exact) mass is 293 g/mol. The molecule has 0 aliphatic carbocycles. The Morgan fingerprint density at radius 2 is 2.05 bits per heavy atom. The van der Waals surface area contributed by atoms with E-state index in [4.69, 9.17) is 14.2 Å². The molecule has 21 heavy (non-hydrogen) atoms. The van der Waals surface area contributed by atoms with Crippen molar-refractivity contribution in [1.82, 2.24) is 0 Å². The summed E-state index contributed by atoms with van der Waals surface area (Å²) in [6.45, 7) is 1.63. The van der Waals surface area contributed by atoms with Gasteiger partial charge in [0.05, 0.1) is 19.9 Å². The van der Waals surface area contributed by atoms with Crippen LogP contribution in [0.4, 0.5) is 5.69 Å². The van der Waals surface area contributed by atoms with Crippen molar-refractivity contribution < 1.29 is 19.0 Å². The summed E-state index contributed by atoms with van der Waals surface area (Å²) in [6, 6.07) is 5.36. The molecule has 1 N–H and O–H groups in total. The molecule has 116 valence electrons. The highest BCUT2D eigenvalue weighted by atomic mass is 16.5. The van der Waals surface area contributed by atoms with Gasteiger partial charge in [-0.1, -0.05) is 0 Å². The first-order valence-corrected chi connectivity index (χ1v) is 7.32. The summed E-state index contributed by atoms with van der Waals surface area (Å²) in [5.74, 6) is 1.93. The van der Waals surface area contributed by atoms with Crippen LogP contribution < -0.4 is 14.8 Å². The molecule has 5 nitrogen and oxygen atoms in total. The number of hydrogen-bond donors (Lipinski definition) is 1. The van der Waals surface area contributed by atoms with E-state index in [-0.39, 0.29) is 5.91 Å². The summed E-state index contributed by atoms with van der Waals surface area (Å²) in [5.41, 5.74) is 0.647. The Labute approximate surface area is 125 Å². The molecule has 0 radical (unpaired) electrons. The molecule has 1 amide bonds. The first-order valence-electron chi connectivity index (χ1n) is 7.32. The number of carbonyl (C=O) groups is 1. The summed E-state index contributed by atoms with van der Waals surface area (Å²) in [4.78, 5) is 12.1.